The van der Waals surface area contributed by atoms with Gasteiger partial charge in [0.25, 0.3) is 0 Å². The molecule has 0 spiro atoms. The van der Waals surface area contributed by atoms with Crippen molar-refractivity contribution in [1.82, 2.24) is 14.8 Å². The third-order valence-electron chi connectivity index (χ3n) is 3.25. The zero-order valence-electron chi connectivity index (χ0n) is 11.0. The summed E-state index contributed by atoms with van der Waals surface area (Å²) in [7, 11) is 0. The highest BCUT2D eigenvalue weighted by Gasteiger charge is 2.36. The molecule has 2 rings (SSSR count). The lowest BCUT2D eigenvalue weighted by molar-refractivity contribution is 0.00704. The quantitative estimate of drug-likeness (QED) is 0.777. The second-order valence-corrected chi connectivity index (χ2v) is 6.37. The van der Waals surface area contributed by atoms with Crippen LogP contribution >= 0.6 is 11.6 Å². The van der Waals surface area contributed by atoms with Crippen LogP contribution in [0.15, 0.2) is 0 Å². The molecule has 1 saturated heterocycles. The molecule has 1 aromatic heterocycles. The van der Waals surface area contributed by atoms with Crippen molar-refractivity contribution in [2.45, 2.75) is 51.5 Å². The molecule has 1 aromatic rings. The van der Waals surface area contributed by atoms with E-state index in [9.17, 15) is 0 Å². The predicted octanol–water partition coefficient (Wildman–Crippen LogP) is 2.75. The van der Waals surface area contributed by atoms with Gasteiger partial charge >= 0.3 is 0 Å². The van der Waals surface area contributed by atoms with Crippen molar-refractivity contribution in [3.63, 3.8) is 0 Å². The Hall–Kier alpha value is -0.610. The van der Waals surface area contributed by atoms with Gasteiger partial charge in [-0.05, 0) is 31.4 Å². The fourth-order valence-electron chi connectivity index (χ4n) is 2.32. The maximum absolute atomic E-state index is 6.21. The number of hydrogen-bond donors (Lipinski definition) is 0. The van der Waals surface area contributed by atoms with Crippen molar-refractivity contribution in [2.75, 3.05) is 13.2 Å². The Morgan fingerprint density at radius 3 is 2.59 bits per heavy atom. The first-order valence-electron chi connectivity index (χ1n) is 6.04. The molecule has 1 aliphatic heterocycles. The lowest BCUT2D eigenvalue weighted by atomic mass is 9.90. The number of hydrogen-bond acceptors (Lipinski definition) is 3. The van der Waals surface area contributed by atoms with E-state index in [0.29, 0.717) is 11.9 Å². The summed E-state index contributed by atoms with van der Waals surface area (Å²) in [6, 6.07) is 0. The fourth-order valence-corrected chi connectivity index (χ4v) is 2.65. The van der Waals surface area contributed by atoms with Gasteiger partial charge in [-0.3, -0.25) is 4.57 Å². The summed E-state index contributed by atoms with van der Waals surface area (Å²) in [6.45, 7) is 10.0. The molecule has 0 bridgehead atoms. The molecule has 4 nitrogen and oxygen atoms in total. The zero-order chi connectivity index (χ0) is 12.7. The van der Waals surface area contributed by atoms with Gasteiger partial charge in [0.05, 0.1) is 12.1 Å². The molecule has 0 radical (unpaired) electrons. The normalized spacial score (nSPS) is 26.2. The number of nitrogens with zero attached hydrogens (tertiary/aromatic N) is 3. The van der Waals surface area contributed by atoms with Crippen LogP contribution in [0.5, 0.6) is 0 Å². The van der Waals surface area contributed by atoms with Crippen molar-refractivity contribution >= 4 is 11.6 Å². The molecule has 0 aliphatic carbocycles. The van der Waals surface area contributed by atoms with Crippen LogP contribution in [-0.2, 0) is 15.7 Å². The van der Waals surface area contributed by atoms with Gasteiger partial charge in [0.1, 0.15) is 5.82 Å². The number of aromatic nitrogens is 3. The molecule has 0 amide bonds. The Kier molecular flexibility index (Phi) is 3.21. The molecule has 0 saturated carbocycles. The van der Waals surface area contributed by atoms with Crippen LogP contribution in [0.25, 0.3) is 0 Å². The summed E-state index contributed by atoms with van der Waals surface area (Å²) in [4.78, 5) is 0. The minimum Gasteiger partial charge on any atom is -0.379 e. The molecule has 2 heterocycles. The second-order valence-electron chi connectivity index (χ2n) is 6.03. The van der Waals surface area contributed by atoms with Gasteiger partial charge in [0, 0.05) is 12.0 Å². The van der Waals surface area contributed by atoms with Crippen LogP contribution in [0.1, 0.15) is 46.4 Å². The van der Waals surface area contributed by atoms with Crippen molar-refractivity contribution in [1.29, 1.82) is 0 Å². The number of ether oxygens (including phenoxy) is 1. The van der Waals surface area contributed by atoms with Crippen LogP contribution in [-0.4, -0.2) is 28.0 Å². The van der Waals surface area contributed by atoms with Crippen molar-refractivity contribution < 1.29 is 4.74 Å². The fraction of sp³-hybridized carbons (Fsp3) is 0.833. The van der Waals surface area contributed by atoms with E-state index in [2.05, 4.69) is 37.9 Å². The van der Waals surface area contributed by atoms with E-state index in [4.69, 9.17) is 16.3 Å². The third kappa shape index (κ3) is 2.33. The Labute approximate surface area is 107 Å². The summed E-state index contributed by atoms with van der Waals surface area (Å²) in [6.07, 6.45) is 2.10. The molecule has 96 valence electrons. The van der Waals surface area contributed by atoms with Gasteiger partial charge in [0.2, 0.25) is 5.28 Å². The van der Waals surface area contributed by atoms with Gasteiger partial charge in [0.15, 0.2) is 0 Å². The molecule has 1 atom stereocenters. The first-order valence-corrected chi connectivity index (χ1v) is 6.42. The van der Waals surface area contributed by atoms with Crippen LogP contribution in [0, 0.1) is 0 Å². The largest absolute Gasteiger partial charge is 0.379 e. The van der Waals surface area contributed by atoms with Crippen LogP contribution < -0.4 is 0 Å². The number of halogens is 1. The summed E-state index contributed by atoms with van der Waals surface area (Å²) < 4.78 is 7.65. The van der Waals surface area contributed by atoms with E-state index in [1.165, 1.54) is 0 Å². The topological polar surface area (TPSA) is 39.9 Å². The lowest BCUT2D eigenvalue weighted by Gasteiger charge is -2.37. The van der Waals surface area contributed by atoms with Crippen molar-refractivity contribution in [3.8, 4) is 0 Å². The first-order chi connectivity index (χ1) is 7.84. The van der Waals surface area contributed by atoms with Gasteiger partial charge in [-0.1, -0.05) is 20.8 Å². The summed E-state index contributed by atoms with van der Waals surface area (Å²) in [5, 5.41) is 8.72. The van der Waals surface area contributed by atoms with E-state index in [1.54, 1.807) is 0 Å². The standard InChI is InChI=1S/C12H20ClN3O/c1-11(2,3)9-14-15-10(13)16(9)12(4)6-5-7-17-8-12/h5-8H2,1-4H3. The maximum Gasteiger partial charge on any atom is 0.225 e. The lowest BCUT2D eigenvalue weighted by Crippen LogP contribution is -2.41. The molecule has 0 aromatic carbocycles. The van der Waals surface area contributed by atoms with E-state index in [1.807, 2.05) is 4.57 Å². The monoisotopic (exact) mass is 257 g/mol. The molecular formula is C12H20ClN3O. The van der Waals surface area contributed by atoms with Gasteiger partial charge in [-0.2, -0.15) is 0 Å². The van der Waals surface area contributed by atoms with E-state index >= 15 is 0 Å². The molecule has 17 heavy (non-hydrogen) atoms. The first kappa shape index (κ1) is 12.8. The van der Waals surface area contributed by atoms with Crippen LogP contribution in [0.4, 0.5) is 0 Å². The summed E-state index contributed by atoms with van der Waals surface area (Å²) in [5.74, 6) is 0.926. The van der Waals surface area contributed by atoms with Crippen LogP contribution in [0.2, 0.25) is 5.28 Å². The van der Waals surface area contributed by atoms with E-state index < -0.39 is 0 Å². The highest BCUT2D eigenvalue weighted by Crippen LogP contribution is 2.34. The average Bonchev–Trinajstić information content (AvgIpc) is 2.61. The Balaban J connectivity index is 2.46. The van der Waals surface area contributed by atoms with Gasteiger partial charge < -0.3 is 4.74 Å². The third-order valence-corrected chi connectivity index (χ3v) is 3.50. The summed E-state index contributed by atoms with van der Waals surface area (Å²) >= 11 is 6.21. The highest BCUT2D eigenvalue weighted by molar-refractivity contribution is 6.28. The smallest absolute Gasteiger partial charge is 0.225 e. The highest BCUT2D eigenvalue weighted by atomic mass is 35.5. The Bertz CT molecular complexity index is 402. The predicted molar refractivity (Wildman–Crippen MR) is 67.4 cm³/mol. The molecular weight excluding hydrogens is 238 g/mol. The number of rotatable bonds is 1. The Morgan fingerprint density at radius 1 is 1.35 bits per heavy atom. The average molecular weight is 258 g/mol. The van der Waals surface area contributed by atoms with E-state index in [-0.39, 0.29) is 11.0 Å². The van der Waals surface area contributed by atoms with Gasteiger partial charge in [-0.15, -0.1) is 10.2 Å². The minimum atomic E-state index is -0.124. The van der Waals surface area contributed by atoms with Crippen molar-refractivity contribution in [3.05, 3.63) is 11.1 Å². The SMILES string of the molecule is CC(C)(C)c1nnc(Cl)n1C1(C)CCCOC1. The van der Waals surface area contributed by atoms with E-state index in [0.717, 1.165) is 25.3 Å². The van der Waals surface area contributed by atoms with Crippen molar-refractivity contribution in [2.24, 2.45) is 0 Å². The molecule has 1 unspecified atom stereocenters. The molecule has 1 aliphatic rings. The molecule has 0 N–H and O–H groups in total. The summed E-state index contributed by atoms with van der Waals surface area (Å²) in [5.41, 5.74) is -0.192. The maximum atomic E-state index is 6.21. The second kappa shape index (κ2) is 4.25. The van der Waals surface area contributed by atoms with Crippen LogP contribution in [0.3, 0.4) is 0 Å². The van der Waals surface area contributed by atoms with Gasteiger partial charge in [-0.25, -0.2) is 0 Å². The molecule has 1 fully saturated rings. The Morgan fingerprint density at radius 2 is 2.06 bits per heavy atom. The molecule has 5 heteroatoms. The zero-order valence-corrected chi connectivity index (χ0v) is 11.7. The minimum absolute atomic E-state index is 0.0689.